The zero-order chi connectivity index (χ0) is 21.1. The summed E-state index contributed by atoms with van der Waals surface area (Å²) in [5, 5.41) is 10.4. The highest BCUT2D eigenvalue weighted by atomic mass is 32.2. The average Bonchev–Trinajstić information content (AvgIpc) is 2.77. The molecule has 3 aromatic rings. The summed E-state index contributed by atoms with van der Waals surface area (Å²) < 4.78 is 39.1. The third-order valence-corrected chi connectivity index (χ3v) is 6.32. The van der Waals surface area contributed by atoms with E-state index in [2.05, 4.69) is 6.07 Å². The fourth-order valence-electron chi connectivity index (χ4n) is 3.84. The van der Waals surface area contributed by atoms with Crippen molar-refractivity contribution in [1.82, 2.24) is 4.98 Å². The van der Waals surface area contributed by atoms with Gasteiger partial charge in [-0.2, -0.15) is 18.4 Å². The first-order valence-electron chi connectivity index (χ1n) is 9.77. The summed E-state index contributed by atoms with van der Waals surface area (Å²) in [6, 6.07) is 17.5. The molecule has 0 saturated heterocycles. The number of nitrogens with zero attached hydrogens (tertiary/aromatic N) is 2. The van der Waals surface area contributed by atoms with Gasteiger partial charge >= 0.3 is 6.18 Å². The molecule has 1 heterocycles. The summed E-state index contributed by atoms with van der Waals surface area (Å²) in [5.41, 5.74) is 4.53. The van der Waals surface area contributed by atoms with E-state index < -0.39 is 11.7 Å². The Morgan fingerprint density at radius 1 is 0.967 bits per heavy atom. The number of thioether (sulfide) groups is 1. The molecule has 0 radical (unpaired) electrons. The smallest absolute Gasteiger partial charge is 0.240 e. The molecule has 0 amide bonds. The van der Waals surface area contributed by atoms with Gasteiger partial charge in [0.1, 0.15) is 11.1 Å². The number of fused-ring (bicyclic) bond motifs is 1. The van der Waals surface area contributed by atoms with Crippen LogP contribution in [0.1, 0.15) is 40.7 Å². The van der Waals surface area contributed by atoms with E-state index in [1.54, 1.807) is 6.07 Å². The molecule has 0 aliphatic heterocycles. The number of alkyl halides is 3. The molecular formula is C24H19F3N2S. The predicted octanol–water partition coefficient (Wildman–Crippen LogP) is 6.81. The first-order chi connectivity index (χ1) is 14.5. The molecule has 1 aromatic heterocycles. The summed E-state index contributed by atoms with van der Waals surface area (Å²) in [5.74, 6) is 0.318. The van der Waals surface area contributed by atoms with Crippen molar-refractivity contribution in [1.29, 1.82) is 5.26 Å². The van der Waals surface area contributed by atoms with Crippen molar-refractivity contribution in [2.75, 3.05) is 0 Å². The standard InChI is InChI=1S/C24H19F3N2S/c25-24(26,27)18-10-6-7-16(13-18)15-30-23-21(14-28)19-11-4-5-12-20(19)22(29-23)17-8-2-1-3-9-17/h1-3,6-10,13H,4-5,11-12,15H2. The lowest BCUT2D eigenvalue weighted by Crippen LogP contribution is -2.10. The number of pyridine rings is 1. The van der Waals surface area contributed by atoms with Crippen LogP contribution >= 0.6 is 11.8 Å². The lowest BCUT2D eigenvalue weighted by Gasteiger charge is -2.22. The number of hydrogen-bond donors (Lipinski definition) is 0. The molecule has 1 aliphatic carbocycles. The minimum absolute atomic E-state index is 0.318. The van der Waals surface area contributed by atoms with Gasteiger partial charge in [0, 0.05) is 11.3 Å². The van der Waals surface area contributed by atoms with Crippen molar-refractivity contribution < 1.29 is 13.2 Å². The summed E-state index contributed by atoms with van der Waals surface area (Å²) in [6.45, 7) is 0. The first kappa shape index (κ1) is 20.5. The molecule has 1 aliphatic rings. The molecule has 2 nitrogen and oxygen atoms in total. The van der Waals surface area contributed by atoms with Gasteiger partial charge in [0.25, 0.3) is 0 Å². The van der Waals surface area contributed by atoms with Crippen molar-refractivity contribution in [2.24, 2.45) is 0 Å². The highest BCUT2D eigenvalue weighted by Gasteiger charge is 2.30. The van der Waals surface area contributed by atoms with E-state index in [0.29, 0.717) is 21.9 Å². The Kier molecular flexibility index (Phi) is 5.83. The fraction of sp³-hybridized carbons (Fsp3) is 0.250. The van der Waals surface area contributed by atoms with Crippen LogP contribution in [0.5, 0.6) is 0 Å². The number of aromatic nitrogens is 1. The predicted molar refractivity (Wildman–Crippen MR) is 112 cm³/mol. The molecule has 0 unspecified atom stereocenters. The minimum atomic E-state index is -4.37. The molecule has 6 heteroatoms. The highest BCUT2D eigenvalue weighted by Crippen LogP contribution is 2.38. The molecule has 0 atom stereocenters. The second-order valence-electron chi connectivity index (χ2n) is 7.27. The molecule has 0 fully saturated rings. The normalized spacial score (nSPS) is 13.5. The second kappa shape index (κ2) is 8.53. The van der Waals surface area contributed by atoms with E-state index in [9.17, 15) is 18.4 Å². The number of hydrogen-bond acceptors (Lipinski definition) is 3. The molecule has 30 heavy (non-hydrogen) atoms. The Hall–Kier alpha value is -2.78. The monoisotopic (exact) mass is 424 g/mol. The van der Waals surface area contributed by atoms with Crippen LogP contribution in [0.3, 0.4) is 0 Å². The number of benzene rings is 2. The molecule has 0 spiro atoms. The van der Waals surface area contributed by atoms with Crippen LogP contribution in [-0.4, -0.2) is 4.98 Å². The number of rotatable bonds is 4. The SMILES string of the molecule is N#Cc1c(SCc2cccc(C(F)(F)F)c2)nc(-c2ccccc2)c2c1CCCC2. The minimum Gasteiger partial charge on any atom is -0.240 e. The summed E-state index contributed by atoms with van der Waals surface area (Å²) in [7, 11) is 0. The maximum atomic E-state index is 13.0. The lowest BCUT2D eigenvalue weighted by atomic mass is 9.86. The van der Waals surface area contributed by atoms with Crippen LogP contribution in [-0.2, 0) is 24.8 Å². The van der Waals surface area contributed by atoms with E-state index in [-0.39, 0.29) is 0 Å². The van der Waals surface area contributed by atoms with Crippen LogP contribution in [0.15, 0.2) is 59.6 Å². The lowest BCUT2D eigenvalue weighted by molar-refractivity contribution is -0.137. The maximum Gasteiger partial charge on any atom is 0.416 e. The van der Waals surface area contributed by atoms with E-state index in [1.807, 2.05) is 30.3 Å². The van der Waals surface area contributed by atoms with Crippen molar-refractivity contribution in [2.45, 2.75) is 42.6 Å². The molecule has 0 saturated carbocycles. The summed E-state index contributed by atoms with van der Waals surface area (Å²) >= 11 is 1.32. The van der Waals surface area contributed by atoms with E-state index in [4.69, 9.17) is 4.98 Å². The van der Waals surface area contributed by atoms with Crippen LogP contribution < -0.4 is 0 Å². The molecule has 0 bridgehead atoms. The van der Waals surface area contributed by atoms with Crippen molar-refractivity contribution >= 4 is 11.8 Å². The maximum absolute atomic E-state index is 13.0. The third-order valence-electron chi connectivity index (χ3n) is 5.27. The Bertz CT molecular complexity index is 1100. The van der Waals surface area contributed by atoms with Gasteiger partial charge in [0.2, 0.25) is 0 Å². The summed E-state index contributed by atoms with van der Waals surface area (Å²) in [4.78, 5) is 4.83. The van der Waals surface area contributed by atoms with Crippen LogP contribution in [0, 0.1) is 11.3 Å². The number of nitriles is 1. The largest absolute Gasteiger partial charge is 0.416 e. The van der Waals surface area contributed by atoms with Gasteiger partial charge in [0.15, 0.2) is 0 Å². The van der Waals surface area contributed by atoms with Gasteiger partial charge in [-0.1, -0.05) is 48.5 Å². The Balaban J connectivity index is 1.72. The fourth-order valence-corrected chi connectivity index (χ4v) is 4.79. The zero-order valence-corrected chi connectivity index (χ0v) is 17.0. The average molecular weight is 424 g/mol. The van der Waals surface area contributed by atoms with Crippen LogP contribution in [0.4, 0.5) is 13.2 Å². The molecule has 0 N–H and O–H groups in total. The first-order valence-corrected chi connectivity index (χ1v) is 10.8. The Labute approximate surface area is 177 Å². The number of halogens is 3. The van der Waals surface area contributed by atoms with E-state index >= 15 is 0 Å². The topological polar surface area (TPSA) is 36.7 Å². The molecule has 152 valence electrons. The second-order valence-corrected chi connectivity index (χ2v) is 8.23. The van der Waals surface area contributed by atoms with Crippen LogP contribution in [0.25, 0.3) is 11.3 Å². The Morgan fingerprint density at radius 2 is 1.70 bits per heavy atom. The van der Waals surface area contributed by atoms with Crippen molar-refractivity contribution in [3.8, 4) is 17.3 Å². The molecular weight excluding hydrogens is 405 g/mol. The van der Waals surface area contributed by atoms with Crippen molar-refractivity contribution in [3.05, 3.63) is 82.4 Å². The molecule has 2 aromatic carbocycles. The quantitative estimate of drug-likeness (QED) is 0.432. The van der Waals surface area contributed by atoms with Gasteiger partial charge in [0.05, 0.1) is 16.8 Å². The summed E-state index contributed by atoms with van der Waals surface area (Å²) in [6.07, 6.45) is -0.561. The van der Waals surface area contributed by atoms with Gasteiger partial charge < -0.3 is 0 Å². The van der Waals surface area contributed by atoms with E-state index in [1.165, 1.54) is 17.8 Å². The van der Waals surface area contributed by atoms with Gasteiger partial charge in [-0.3, -0.25) is 0 Å². The van der Waals surface area contributed by atoms with Gasteiger partial charge in [-0.05, 0) is 48.4 Å². The van der Waals surface area contributed by atoms with E-state index in [0.717, 1.165) is 60.2 Å². The molecule has 4 rings (SSSR count). The van der Waals surface area contributed by atoms with Gasteiger partial charge in [-0.25, -0.2) is 4.98 Å². The van der Waals surface area contributed by atoms with Crippen molar-refractivity contribution in [3.63, 3.8) is 0 Å². The Morgan fingerprint density at radius 3 is 2.40 bits per heavy atom. The third kappa shape index (κ3) is 4.22. The van der Waals surface area contributed by atoms with Crippen LogP contribution in [0.2, 0.25) is 0 Å². The zero-order valence-electron chi connectivity index (χ0n) is 16.2. The van der Waals surface area contributed by atoms with Gasteiger partial charge in [-0.15, -0.1) is 11.8 Å². The highest BCUT2D eigenvalue weighted by molar-refractivity contribution is 7.98.